The number of anilines is 1. The van der Waals surface area contributed by atoms with Gasteiger partial charge in [0.25, 0.3) is 0 Å². The molecule has 116 valence electrons. The molecule has 0 aliphatic carbocycles. The van der Waals surface area contributed by atoms with Crippen molar-refractivity contribution < 1.29 is 9.18 Å². The van der Waals surface area contributed by atoms with E-state index >= 15 is 0 Å². The molecule has 1 amide bonds. The van der Waals surface area contributed by atoms with Crippen LogP contribution in [0.4, 0.5) is 10.1 Å². The largest absolute Gasteiger partial charge is 0.392 e. The molecular weight excluding hydrogens is 287 g/mol. The quantitative estimate of drug-likeness (QED) is 0.750. The number of carbonyl (C=O) groups is 1. The molecule has 0 saturated heterocycles. The van der Waals surface area contributed by atoms with E-state index < -0.39 is 5.41 Å². The maximum atomic E-state index is 13.6. The molecule has 0 bridgehead atoms. The van der Waals surface area contributed by atoms with Crippen molar-refractivity contribution in [3.8, 4) is 0 Å². The minimum atomic E-state index is -0.864. The van der Waals surface area contributed by atoms with Crippen molar-refractivity contribution in [2.75, 3.05) is 5.32 Å². The van der Waals surface area contributed by atoms with Crippen molar-refractivity contribution in [3.05, 3.63) is 29.6 Å². The summed E-state index contributed by atoms with van der Waals surface area (Å²) in [4.78, 5) is 12.9. The number of nitrogens with two attached hydrogens (primary N) is 1. The van der Waals surface area contributed by atoms with E-state index in [0.717, 1.165) is 12.8 Å². The molecule has 0 unspecified atom stereocenters. The Balaban J connectivity index is 3.11. The first kappa shape index (κ1) is 17.6. The van der Waals surface area contributed by atoms with Crippen LogP contribution in [0.1, 0.15) is 45.1 Å². The predicted molar refractivity (Wildman–Crippen MR) is 88.8 cm³/mol. The van der Waals surface area contributed by atoms with Gasteiger partial charge in [-0.2, -0.15) is 0 Å². The first-order valence-corrected chi connectivity index (χ1v) is 7.66. The number of hydrogen-bond donors (Lipinski definition) is 2. The molecule has 0 atom stereocenters. The third-order valence-corrected chi connectivity index (χ3v) is 4.17. The highest BCUT2D eigenvalue weighted by Crippen LogP contribution is 2.33. The number of nitrogens with one attached hydrogen (secondary N) is 1. The lowest BCUT2D eigenvalue weighted by molar-refractivity contribution is -0.122. The van der Waals surface area contributed by atoms with Gasteiger partial charge in [-0.05, 0) is 31.9 Å². The second kappa shape index (κ2) is 7.50. The highest BCUT2D eigenvalue weighted by atomic mass is 32.1. The van der Waals surface area contributed by atoms with Gasteiger partial charge in [0, 0.05) is 11.3 Å². The summed E-state index contributed by atoms with van der Waals surface area (Å²) in [5.74, 6) is -0.591. The fraction of sp³-hybridized carbons (Fsp3) is 0.500. The zero-order valence-electron chi connectivity index (χ0n) is 12.8. The number of hydrogen-bond acceptors (Lipinski definition) is 2. The lowest BCUT2D eigenvalue weighted by atomic mass is 9.78. The molecule has 0 saturated carbocycles. The van der Waals surface area contributed by atoms with Crippen molar-refractivity contribution in [2.24, 2.45) is 11.1 Å². The highest BCUT2D eigenvalue weighted by molar-refractivity contribution is 7.80. The van der Waals surface area contributed by atoms with Crippen molar-refractivity contribution in [3.63, 3.8) is 0 Å². The summed E-state index contributed by atoms with van der Waals surface area (Å²) in [6.45, 7) is 5.61. The highest BCUT2D eigenvalue weighted by Gasteiger charge is 2.40. The van der Waals surface area contributed by atoms with E-state index in [1.54, 1.807) is 19.1 Å². The molecule has 0 aliphatic heterocycles. The van der Waals surface area contributed by atoms with E-state index in [9.17, 15) is 9.18 Å². The SMILES string of the molecule is CCCC(CCC)(C(=O)Nc1cccc(F)c1C)C(N)=S. The average Bonchev–Trinajstić information content (AvgIpc) is 2.43. The van der Waals surface area contributed by atoms with Crippen LogP contribution in [0.15, 0.2) is 18.2 Å². The van der Waals surface area contributed by atoms with E-state index in [4.69, 9.17) is 18.0 Å². The molecule has 0 heterocycles. The Morgan fingerprint density at radius 1 is 1.33 bits per heavy atom. The van der Waals surface area contributed by atoms with Gasteiger partial charge in [-0.3, -0.25) is 4.79 Å². The molecule has 0 aliphatic rings. The molecule has 1 rings (SSSR count). The topological polar surface area (TPSA) is 55.1 Å². The molecule has 0 fully saturated rings. The third-order valence-electron chi connectivity index (χ3n) is 3.78. The minimum Gasteiger partial charge on any atom is -0.392 e. The van der Waals surface area contributed by atoms with Crippen LogP contribution >= 0.6 is 12.2 Å². The minimum absolute atomic E-state index is 0.206. The molecule has 0 aromatic heterocycles. The standard InChI is InChI=1S/C16H23FN2OS/c1-4-9-16(10-5-2,14(18)21)15(20)19-13-8-6-7-12(17)11(13)3/h6-8H,4-5,9-10H2,1-3H3,(H2,18,21)(H,19,20). The summed E-state index contributed by atoms with van der Waals surface area (Å²) in [6, 6.07) is 4.61. The van der Waals surface area contributed by atoms with Gasteiger partial charge < -0.3 is 11.1 Å². The zero-order valence-corrected chi connectivity index (χ0v) is 13.6. The molecule has 1 aromatic carbocycles. The molecule has 0 spiro atoms. The smallest absolute Gasteiger partial charge is 0.237 e. The number of carbonyl (C=O) groups excluding carboxylic acids is 1. The van der Waals surface area contributed by atoms with E-state index in [1.807, 2.05) is 13.8 Å². The van der Waals surface area contributed by atoms with E-state index in [1.165, 1.54) is 6.07 Å². The number of halogens is 1. The lowest BCUT2D eigenvalue weighted by Crippen LogP contribution is -2.46. The lowest BCUT2D eigenvalue weighted by Gasteiger charge is -2.31. The van der Waals surface area contributed by atoms with Crippen molar-refractivity contribution in [1.29, 1.82) is 0 Å². The Kier molecular flexibility index (Phi) is 6.27. The van der Waals surface area contributed by atoms with Gasteiger partial charge in [0.2, 0.25) is 5.91 Å². The fourth-order valence-electron chi connectivity index (χ4n) is 2.55. The summed E-state index contributed by atoms with van der Waals surface area (Å²) < 4.78 is 13.6. The Bertz CT molecular complexity index is 525. The van der Waals surface area contributed by atoms with Crippen LogP contribution in [0, 0.1) is 18.2 Å². The first-order valence-electron chi connectivity index (χ1n) is 7.25. The molecule has 3 N–H and O–H groups in total. The molecule has 1 aromatic rings. The van der Waals surface area contributed by atoms with Gasteiger partial charge in [-0.1, -0.05) is 45.0 Å². The summed E-state index contributed by atoms with van der Waals surface area (Å²) >= 11 is 5.15. The third kappa shape index (κ3) is 3.79. The monoisotopic (exact) mass is 310 g/mol. The number of amides is 1. The molecule has 21 heavy (non-hydrogen) atoms. The zero-order chi connectivity index (χ0) is 16.0. The summed E-state index contributed by atoms with van der Waals surface area (Å²) in [5.41, 5.74) is 5.88. The average molecular weight is 310 g/mol. The van der Waals surface area contributed by atoms with E-state index in [-0.39, 0.29) is 16.7 Å². The number of rotatable bonds is 7. The number of benzene rings is 1. The van der Waals surface area contributed by atoms with Crippen LogP contribution in [-0.2, 0) is 4.79 Å². The molecule has 0 radical (unpaired) electrons. The van der Waals surface area contributed by atoms with Crippen LogP contribution < -0.4 is 11.1 Å². The second-order valence-electron chi connectivity index (χ2n) is 5.31. The van der Waals surface area contributed by atoms with Gasteiger partial charge in [0.1, 0.15) is 5.82 Å². The number of thiocarbonyl (C=S) groups is 1. The normalized spacial score (nSPS) is 11.2. The Hall–Kier alpha value is -1.49. The van der Waals surface area contributed by atoms with Crippen LogP contribution in [-0.4, -0.2) is 10.9 Å². The summed E-state index contributed by atoms with van der Waals surface area (Å²) in [6.07, 6.45) is 2.78. The second-order valence-corrected chi connectivity index (χ2v) is 5.75. The maximum absolute atomic E-state index is 13.6. The Morgan fingerprint density at radius 3 is 2.38 bits per heavy atom. The maximum Gasteiger partial charge on any atom is 0.237 e. The summed E-state index contributed by atoms with van der Waals surface area (Å²) in [7, 11) is 0. The van der Waals surface area contributed by atoms with Crippen LogP contribution in [0.3, 0.4) is 0 Å². The predicted octanol–water partition coefficient (Wildman–Crippen LogP) is 3.95. The summed E-state index contributed by atoms with van der Waals surface area (Å²) in [5, 5.41) is 2.80. The van der Waals surface area contributed by atoms with E-state index in [2.05, 4.69) is 5.32 Å². The van der Waals surface area contributed by atoms with Crippen molar-refractivity contribution in [1.82, 2.24) is 0 Å². The molecular formula is C16H23FN2OS. The Labute approximate surface area is 131 Å². The van der Waals surface area contributed by atoms with Gasteiger partial charge in [-0.15, -0.1) is 0 Å². The van der Waals surface area contributed by atoms with Gasteiger partial charge in [0.05, 0.1) is 10.4 Å². The van der Waals surface area contributed by atoms with Crippen molar-refractivity contribution in [2.45, 2.75) is 46.5 Å². The van der Waals surface area contributed by atoms with Crippen LogP contribution in [0.25, 0.3) is 0 Å². The van der Waals surface area contributed by atoms with E-state index in [0.29, 0.717) is 24.1 Å². The van der Waals surface area contributed by atoms with Crippen molar-refractivity contribution >= 4 is 28.8 Å². The molecule has 3 nitrogen and oxygen atoms in total. The Morgan fingerprint density at radius 2 is 1.90 bits per heavy atom. The first-order chi connectivity index (χ1) is 9.89. The fourth-order valence-corrected chi connectivity index (χ4v) is 2.85. The van der Waals surface area contributed by atoms with Crippen LogP contribution in [0.5, 0.6) is 0 Å². The molecule has 5 heteroatoms. The van der Waals surface area contributed by atoms with Gasteiger partial charge in [0.15, 0.2) is 0 Å². The van der Waals surface area contributed by atoms with Crippen LogP contribution in [0.2, 0.25) is 0 Å². The van der Waals surface area contributed by atoms with Gasteiger partial charge >= 0.3 is 0 Å². The van der Waals surface area contributed by atoms with Gasteiger partial charge in [-0.25, -0.2) is 4.39 Å².